The van der Waals surface area contributed by atoms with Crippen molar-refractivity contribution in [3.63, 3.8) is 0 Å². The number of hydrogen-bond donors (Lipinski definition) is 3. The molecule has 172 valence electrons. The fourth-order valence-electron chi connectivity index (χ4n) is 0. The molecule has 29 heavy (non-hydrogen) atoms. The summed E-state index contributed by atoms with van der Waals surface area (Å²) in [7, 11) is 0. The van der Waals surface area contributed by atoms with Crippen molar-refractivity contribution in [2.24, 2.45) is 0 Å². The number of halogens is 12. The zero-order valence-electron chi connectivity index (χ0n) is 12.4. The molecule has 0 atom stereocenters. The van der Waals surface area contributed by atoms with Crippen LogP contribution in [0.1, 0.15) is 0 Å². The smallest absolute Gasteiger partial charge is 0.342 e. The Morgan fingerprint density at radius 2 is 0.552 bits per heavy atom. The van der Waals surface area contributed by atoms with Gasteiger partial charge >= 0.3 is 17.9 Å². The first-order chi connectivity index (χ1) is 11.8. The van der Waals surface area contributed by atoms with Crippen LogP contribution >= 0.6 is 191 Å². The molecule has 0 spiro atoms. The number of aliphatic carboxylic acids is 4. The molecule has 0 radical (unpaired) electrons. The second-order valence-corrected chi connectivity index (χ2v) is 30.2. The maximum atomic E-state index is 9.88. The normalized spacial score (nSPS) is 10.9. The van der Waals surface area contributed by atoms with Crippen molar-refractivity contribution in [1.29, 1.82) is 0 Å². The number of hydrogen-bond acceptors (Lipinski definition) is 5. The van der Waals surface area contributed by atoms with Gasteiger partial charge in [-0.15, -0.1) is 0 Å². The average molecular weight is 1420 g/mol. The summed E-state index contributed by atoms with van der Waals surface area (Å²) in [4.78, 5) is 39.4. The second-order valence-electron chi connectivity index (χ2n) is 3.19. The minimum Gasteiger partial charge on any atom is -0.547 e. The Hall–Kier alpha value is 4.96. The molecule has 0 saturated carbocycles. The number of carboxylic acid groups (broad SMARTS) is 4. The van der Waals surface area contributed by atoms with Gasteiger partial charge in [0.25, 0.3) is 0 Å². The first kappa shape index (κ1) is 44.0. The molecule has 0 aliphatic carbocycles. The molecule has 0 bridgehead atoms. The van der Waals surface area contributed by atoms with Crippen molar-refractivity contribution < 1.29 is 79.5 Å². The van der Waals surface area contributed by atoms with Crippen molar-refractivity contribution in [3.05, 3.63) is 0 Å². The maximum Gasteiger partial charge on any atom is 0.342 e. The van der Waals surface area contributed by atoms with Gasteiger partial charge in [-0.05, 0) is 143 Å². The predicted molar refractivity (Wildman–Crippen MR) is 146 cm³/mol. The standard InChI is InChI=1S/4C2HBr3O2.Th/c4*3-2(4,5)1(6)7;/h4*(H,6,7);/p-1. The molecule has 21 heteroatoms. The molecule has 0 aromatic carbocycles. The molecule has 0 aliphatic rings. The molecule has 8 nitrogen and oxygen atoms in total. The van der Waals surface area contributed by atoms with Crippen molar-refractivity contribution >= 4 is 215 Å². The molecule has 0 rings (SSSR count). The number of rotatable bonds is 0. The van der Waals surface area contributed by atoms with Gasteiger partial charge in [0.2, 0.25) is 6.43 Å². The van der Waals surface area contributed by atoms with Crippen LogP contribution in [0.25, 0.3) is 0 Å². The third-order valence-electron chi connectivity index (χ3n) is 0.959. The van der Waals surface area contributed by atoms with Gasteiger partial charge in [-0.25, -0.2) is 14.4 Å². The molecule has 0 amide bonds. The van der Waals surface area contributed by atoms with E-state index < -0.39 is 32.4 Å². The summed E-state index contributed by atoms with van der Waals surface area (Å²) in [5.41, 5.74) is 0. The van der Waals surface area contributed by atoms with Crippen LogP contribution in [-0.2, 0) is 19.2 Å². The number of alkyl halides is 12. The Balaban J connectivity index is -0.0000000873. The number of carboxylic acids is 4. The van der Waals surface area contributed by atoms with Crippen LogP contribution in [-0.4, -0.2) is 47.8 Å². The molecular formula is C8H3Br12O8Th-. The summed E-state index contributed by atoms with van der Waals surface area (Å²) in [6.07, 6.45) is 0. The zero-order chi connectivity index (χ0) is 24.3. The van der Waals surface area contributed by atoms with Crippen LogP contribution in [0.15, 0.2) is 0 Å². The quantitative estimate of drug-likeness (QED) is 0.239. The fourth-order valence-corrected chi connectivity index (χ4v) is 0. The van der Waals surface area contributed by atoms with E-state index in [1.165, 1.54) is 0 Å². The summed E-state index contributed by atoms with van der Waals surface area (Å²) in [5.74, 6) is -4.28. The fraction of sp³-hybridized carbons (Fsp3) is 0.500. The molecule has 0 aliphatic heterocycles. The van der Waals surface area contributed by atoms with Crippen LogP contribution in [0.4, 0.5) is 0 Å². The van der Waals surface area contributed by atoms with E-state index in [0.29, 0.717) is 0 Å². The largest absolute Gasteiger partial charge is 0.547 e. The average Bonchev–Trinajstić information content (AvgIpc) is 2.35. The van der Waals surface area contributed by atoms with E-state index in [9.17, 15) is 24.3 Å². The van der Waals surface area contributed by atoms with Crippen LogP contribution in [0.2, 0.25) is 0 Å². The van der Waals surface area contributed by atoms with E-state index in [4.69, 9.17) is 15.3 Å². The summed E-state index contributed by atoms with van der Waals surface area (Å²) >= 11 is 33.1. The SMILES string of the molecule is O=C(O)C(Br)(Br)Br.O=C(O)C(Br)(Br)Br.O=C(O)C(Br)(Br)Br.O=C([O-])C(Br)(Br)Br.[Th]. The Kier molecular flexibility index (Phi) is 30.4. The first-order valence-corrected chi connectivity index (χ1v) is 14.5. The second kappa shape index (κ2) is 20.1. The molecule has 3 N–H and O–H groups in total. The van der Waals surface area contributed by atoms with Gasteiger partial charge < -0.3 is 25.2 Å². The predicted octanol–water partition coefficient (Wildman–Crippen LogP) is 6.30. The molecule has 0 unspecified atom stereocenters. The molecule has 0 heterocycles. The Morgan fingerprint density at radius 3 is 0.552 bits per heavy atom. The molecule has 0 saturated heterocycles. The first-order valence-electron chi connectivity index (χ1n) is 4.96. The van der Waals surface area contributed by atoms with Gasteiger partial charge in [0.15, 0.2) is 2.14 Å². The van der Waals surface area contributed by atoms with Crippen LogP contribution in [0, 0.1) is 39.9 Å². The van der Waals surface area contributed by atoms with Gasteiger partial charge in [-0.1, -0.05) is 47.8 Å². The summed E-state index contributed by atoms with van der Waals surface area (Å²) in [5, 5.41) is 34.1. The van der Waals surface area contributed by atoms with Crippen molar-refractivity contribution in [3.8, 4) is 0 Å². The van der Waals surface area contributed by atoms with Crippen molar-refractivity contribution in [2.75, 3.05) is 0 Å². The topological polar surface area (TPSA) is 152 Å². The number of carbonyl (C=O) groups is 4. The molecule has 0 fully saturated rings. The zero-order valence-corrected chi connectivity index (χ0v) is 35.6. The van der Waals surface area contributed by atoms with E-state index in [1.807, 2.05) is 0 Å². The van der Waals surface area contributed by atoms with Gasteiger partial charge in [0, 0.05) is 39.9 Å². The van der Waals surface area contributed by atoms with E-state index in [0.717, 1.165) is 0 Å². The van der Waals surface area contributed by atoms with E-state index in [2.05, 4.69) is 191 Å². The Bertz CT molecular complexity index is 436. The van der Waals surface area contributed by atoms with Crippen molar-refractivity contribution in [1.82, 2.24) is 0 Å². The van der Waals surface area contributed by atoms with Crippen LogP contribution in [0.3, 0.4) is 0 Å². The van der Waals surface area contributed by atoms with Gasteiger partial charge in [-0.2, -0.15) is 0 Å². The maximum absolute atomic E-state index is 9.88. The summed E-state index contributed by atoms with van der Waals surface area (Å²) in [6, 6.07) is 0. The van der Waals surface area contributed by atoms with E-state index in [1.54, 1.807) is 0 Å². The minimum atomic E-state index is -1.26. The van der Waals surface area contributed by atoms with Crippen molar-refractivity contribution in [2.45, 2.75) is 8.57 Å². The van der Waals surface area contributed by atoms with E-state index >= 15 is 0 Å². The third kappa shape index (κ3) is 37.7. The summed E-state index contributed by atoms with van der Waals surface area (Å²) < 4.78 is -4.69. The van der Waals surface area contributed by atoms with Crippen LogP contribution in [0.5, 0.6) is 0 Å². The van der Waals surface area contributed by atoms with Gasteiger partial charge in [-0.3, -0.25) is 0 Å². The molecule has 0 aromatic rings. The number of carbonyl (C=O) groups excluding carboxylic acids is 1. The third-order valence-corrected chi connectivity index (χ3v) is 4.98. The molecular weight excluding hydrogens is 1410 g/mol. The van der Waals surface area contributed by atoms with Gasteiger partial charge in [0.05, 0.1) is 5.97 Å². The van der Waals surface area contributed by atoms with Gasteiger partial charge in [0.1, 0.15) is 0 Å². The van der Waals surface area contributed by atoms with E-state index in [-0.39, 0.29) is 39.9 Å². The molecule has 0 aromatic heterocycles. The van der Waals surface area contributed by atoms with Crippen LogP contribution < -0.4 is 5.11 Å². The minimum absolute atomic E-state index is 0. The monoisotopic (exact) mass is 1410 g/mol. The Labute approximate surface area is 297 Å². The Morgan fingerprint density at radius 1 is 0.483 bits per heavy atom. The summed E-state index contributed by atoms with van der Waals surface area (Å²) in [6.45, 7) is 0.